The summed E-state index contributed by atoms with van der Waals surface area (Å²) < 4.78 is 11.3. The van der Waals surface area contributed by atoms with Gasteiger partial charge >= 0.3 is 0 Å². The van der Waals surface area contributed by atoms with E-state index in [-0.39, 0.29) is 0 Å². The zero-order valence-electron chi connectivity index (χ0n) is 17.0. The van der Waals surface area contributed by atoms with Gasteiger partial charge in [0.25, 0.3) is 0 Å². The average molecular weight is 382 g/mol. The molecule has 0 saturated carbocycles. The number of nitrogens with zero attached hydrogens (tertiary/aromatic N) is 1. The minimum Gasteiger partial charge on any atom is -0.493 e. The first-order valence-corrected chi connectivity index (χ1v) is 10.1. The molecule has 5 heteroatoms. The van der Waals surface area contributed by atoms with Crippen LogP contribution in [-0.4, -0.2) is 32.8 Å². The molecule has 1 heterocycles. The van der Waals surface area contributed by atoms with Gasteiger partial charge in [-0.15, -0.1) is 0 Å². The predicted octanol–water partition coefficient (Wildman–Crippen LogP) is 3.46. The Hall–Kier alpha value is -2.53. The minimum atomic E-state index is 0.653. The molecule has 0 spiro atoms. The third-order valence-electron chi connectivity index (χ3n) is 4.85. The summed E-state index contributed by atoms with van der Waals surface area (Å²) >= 11 is 0. The Morgan fingerprint density at radius 2 is 2.00 bits per heavy atom. The number of rotatable bonds is 9. The van der Waals surface area contributed by atoms with Crippen LogP contribution in [0.3, 0.4) is 0 Å². The first-order chi connectivity index (χ1) is 13.8. The van der Waals surface area contributed by atoms with Gasteiger partial charge in [-0.05, 0) is 41.2 Å². The van der Waals surface area contributed by atoms with E-state index in [1.165, 1.54) is 22.3 Å². The molecule has 0 aliphatic carbocycles. The molecule has 2 aromatic rings. The van der Waals surface area contributed by atoms with Crippen molar-refractivity contribution in [2.45, 2.75) is 39.3 Å². The maximum absolute atomic E-state index is 5.71. The number of benzene rings is 2. The third kappa shape index (κ3) is 5.73. The summed E-state index contributed by atoms with van der Waals surface area (Å²) in [6.45, 7) is 5.93. The summed E-state index contributed by atoms with van der Waals surface area (Å²) in [5.74, 6) is 1.85. The summed E-state index contributed by atoms with van der Waals surface area (Å²) in [5.41, 5.74) is 5.10. The molecule has 0 saturated heterocycles. The second-order valence-corrected chi connectivity index (χ2v) is 6.96. The van der Waals surface area contributed by atoms with E-state index in [0.29, 0.717) is 6.61 Å². The van der Waals surface area contributed by atoms with Gasteiger partial charge in [0.1, 0.15) is 5.75 Å². The number of aliphatic imine (C=N–C) groups is 1. The summed E-state index contributed by atoms with van der Waals surface area (Å²) in [7, 11) is 1.80. The average Bonchev–Trinajstić information content (AvgIpc) is 3.19. The monoisotopic (exact) mass is 381 g/mol. The lowest BCUT2D eigenvalue weighted by Gasteiger charge is -2.14. The van der Waals surface area contributed by atoms with Crippen molar-refractivity contribution < 1.29 is 9.47 Å². The summed E-state index contributed by atoms with van der Waals surface area (Å²) in [6, 6.07) is 14.9. The Labute approximate surface area is 168 Å². The zero-order valence-corrected chi connectivity index (χ0v) is 17.0. The molecule has 1 aliphatic rings. The first kappa shape index (κ1) is 20.2. The summed E-state index contributed by atoms with van der Waals surface area (Å²) in [4.78, 5) is 4.34. The van der Waals surface area contributed by atoms with Crippen LogP contribution in [0.2, 0.25) is 0 Å². The van der Waals surface area contributed by atoms with E-state index < -0.39 is 0 Å². The summed E-state index contributed by atoms with van der Waals surface area (Å²) in [5, 5.41) is 6.81. The van der Waals surface area contributed by atoms with Gasteiger partial charge in [0, 0.05) is 33.2 Å². The quantitative estimate of drug-likeness (QED) is 0.397. The van der Waals surface area contributed by atoms with Crippen molar-refractivity contribution in [3.63, 3.8) is 0 Å². The Morgan fingerprint density at radius 3 is 2.82 bits per heavy atom. The van der Waals surface area contributed by atoms with Crippen LogP contribution in [0.5, 0.6) is 5.75 Å². The normalized spacial score (nSPS) is 13.1. The molecule has 0 radical (unpaired) electrons. The van der Waals surface area contributed by atoms with Crippen LogP contribution in [0.25, 0.3) is 0 Å². The van der Waals surface area contributed by atoms with E-state index in [2.05, 4.69) is 65.0 Å². The van der Waals surface area contributed by atoms with Gasteiger partial charge in [0.15, 0.2) is 5.96 Å². The lowest BCUT2D eigenvalue weighted by Crippen LogP contribution is -2.38. The van der Waals surface area contributed by atoms with Gasteiger partial charge < -0.3 is 20.1 Å². The molecular formula is C23H31N3O2. The molecule has 0 aromatic heterocycles. The molecule has 150 valence electrons. The van der Waals surface area contributed by atoms with Crippen LogP contribution in [0.1, 0.15) is 35.6 Å². The highest BCUT2D eigenvalue weighted by molar-refractivity contribution is 5.79. The van der Waals surface area contributed by atoms with Crippen LogP contribution >= 0.6 is 0 Å². The number of guanidine groups is 1. The van der Waals surface area contributed by atoms with Crippen molar-refractivity contribution in [2.75, 3.05) is 26.8 Å². The van der Waals surface area contributed by atoms with Gasteiger partial charge in [-0.2, -0.15) is 0 Å². The van der Waals surface area contributed by atoms with E-state index in [0.717, 1.165) is 57.3 Å². The van der Waals surface area contributed by atoms with Crippen molar-refractivity contribution in [2.24, 2.45) is 4.99 Å². The van der Waals surface area contributed by atoms with Gasteiger partial charge in [0.05, 0.1) is 13.2 Å². The fourth-order valence-electron chi connectivity index (χ4n) is 3.32. The Kier molecular flexibility index (Phi) is 7.73. The van der Waals surface area contributed by atoms with Crippen molar-refractivity contribution >= 4 is 5.96 Å². The maximum atomic E-state index is 5.71. The van der Waals surface area contributed by atoms with Crippen molar-refractivity contribution in [1.29, 1.82) is 0 Å². The molecule has 5 nitrogen and oxygen atoms in total. The fourth-order valence-corrected chi connectivity index (χ4v) is 3.32. The predicted molar refractivity (Wildman–Crippen MR) is 114 cm³/mol. The maximum Gasteiger partial charge on any atom is 0.191 e. The lowest BCUT2D eigenvalue weighted by molar-refractivity contribution is 0.121. The highest BCUT2D eigenvalue weighted by Gasteiger charge is 2.11. The van der Waals surface area contributed by atoms with Crippen LogP contribution in [0, 0.1) is 0 Å². The highest BCUT2D eigenvalue weighted by atomic mass is 16.5. The molecule has 0 atom stereocenters. The molecule has 0 fully saturated rings. The van der Waals surface area contributed by atoms with Gasteiger partial charge in [-0.3, -0.25) is 4.99 Å². The Balaban J connectivity index is 1.46. The number of hydrogen-bond donors (Lipinski definition) is 2. The molecule has 28 heavy (non-hydrogen) atoms. The molecule has 1 aliphatic heterocycles. The smallest absolute Gasteiger partial charge is 0.191 e. The lowest BCUT2D eigenvalue weighted by atomic mass is 10.1. The Morgan fingerprint density at radius 1 is 1.14 bits per heavy atom. The van der Waals surface area contributed by atoms with Crippen LogP contribution in [0.4, 0.5) is 0 Å². The number of hydrogen-bond acceptors (Lipinski definition) is 3. The van der Waals surface area contributed by atoms with Crippen molar-refractivity contribution in [3.8, 4) is 5.75 Å². The molecule has 0 unspecified atom stereocenters. The highest BCUT2D eigenvalue weighted by Crippen LogP contribution is 2.25. The van der Waals surface area contributed by atoms with Gasteiger partial charge in [0.2, 0.25) is 0 Å². The van der Waals surface area contributed by atoms with Gasteiger partial charge in [-0.1, -0.05) is 43.3 Å². The first-order valence-electron chi connectivity index (χ1n) is 10.1. The SMILES string of the molecule is CCCOCc1ccccc1CNC(=NC)NCCc1ccc2c(c1)CCO2. The topological polar surface area (TPSA) is 54.9 Å². The van der Waals surface area contributed by atoms with E-state index in [4.69, 9.17) is 9.47 Å². The fraction of sp³-hybridized carbons (Fsp3) is 0.435. The van der Waals surface area contributed by atoms with E-state index in [1.807, 2.05) is 0 Å². The standard InChI is InChI=1S/C23H31N3O2/c1-3-13-27-17-21-7-5-4-6-20(21)16-26-23(24-2)25-12-10-18-8-9-22-19(15-18)11-14-28-22/h4-9,15H,3,10-14,16-17H2,1-2H3,(H2,24,25,26). The minimum absolute atomic E-state index is 0.653. The second kappa shape index (κ2) is 10.7. The van der Waals surface area contributed by atoms with Crippen LogP contribution < -0.4 is 15.4 Å². The molecule has 3 rings (SSSR count). The zero-order chi connectivity index (χ0) is 19.6. The molecule has 2 aromatic carbocycles. The molecule has 2 N–H and O–H groups in total. The van der Waals surface area contributed by atoms with Crippen LogP contribution in [0.15, 0.2) is 47.5 Å². The van der Waals surface area contributed by atoms with Gasteiger partial charge in [-0.25, -0.2) is 0 Å². The number of ether oxygens (including phenoxy) is 2. The number of nitrogens with one attached hydrogen (secondary N) is 2. The van der Waals surface area contributed by atoms with Crippen molar-refractivity contribution in [3.05, 3.63) is 64.7 Å². The number of fused-ring (bicyclic) bond motifs is 1. The van der Waals surface area contributed by atoms with Crippen molar-refractivity contribution in [1.82, 2.24) is 10.6 Å². The van der Waals surface area contributed by atoms with E-state index in [9.17, 15) is 0 Å². The Bertz CT molecular complexity index is 789. The molecule has 0 amide bonds. The van der Waals surface area contributed by atoms with Crippen LogP contribution in [-0.2, 0) is 30.7 Å². The van der Waals surface area contributed by atoms with E-state index in [1.54, 1.807) is 7.05 Å². The second-order valence-electron chi connectivity index (χ2n) is 6.96. The summed E-state index contributed by atoms with van der Waals surface area (Å²) in [6.07, 6.45) is 3.00. The van der Waals surface area contributed by atoms with E-state index >= 15 is 0 Å². The largest absolute Gasteiger partial charge is 0.493 e. The molecule has 0 bridgehead atoms. The third-order valence-corrected chi connectivity index (χ3v) is 4.85. The molecular weight excluding hydrogens is 350 g/mol.